The summed E-state index contributed by atoms with van der Waals surface area (Å²) < 4.78 is 4.98. The highest BCUT2D eigenvalue weighted by Gasteiger charge is 2.29. The molecule has 1 aliphatic rings. The number of thiophene rings is 1. The van der Waals surface area contributed by atoms with Crippen LogP contribution in [0.5, 0.6) is 0 Å². The molecule has 4 nitrogen and oxygen atoms in total. The van der Waals surface area contributed by atoms with Crippen molar-refractivity contribution in [1.29, 1.82) is 0 Å². The van der Waals surface area contributed by atoms with E-state index in [0.29, 0.717) is 27.3 Å². The highest BCUT2D eigenvalue weighted by Crippen LogP contribution is 2.40. The van der Waals surface area contributed by atoms with Crippen LogP contribution in [0.15, 0.2) is 29.2 Å². The molecule has 0 saturated carbocycles. The lowest BCUT2D eigenvalue weighted by Gasteiger charge is -2.18. The molecule has 1 aromatic carbocycles. The lowest BCUT2D eigenvalue weighted by molar-refractivity contribution is 0.0601. The normalized spacial score (nSPS) is 16.1. The van der Waals surface area contributed by atoms with Gasteiger partial charge in [-0.3, -0.25) is 4.79 Å². The number of benzene rings is 1. The molecule has 144 valence electrons. The Balaban J connectivity index is 1.84. The molecular weight excluding hydrogens is 378 g/mol. The van der Waals surface area contributed by atoms with Crippen molar-refractivity contribution in [2.45, 2.75) is 50.2 Å². The van der Waals surface area contributed by atoms with Gasteiger partial charge in [0.25, 0.3) is 5.91 Å². The minimum absolute atomic E-state index is 0.201. The second-order valence-corrected chi connectivity index (χ2v) is 9.95. The first-order valence-corrected chi connectivity index (χ1v) is 10.9. The van der Waals surface area contributed by atoms with Crippen molar-refractivity contribution in [2.75, 3.05) is 12.4 Å². The Morgan fingerprint density at radius 1 is 1.26 bits per heavy atom. The lowest BCUT2D eigenvalue weighted by Crippen LogP contribution is -2.16. The van der Waals surface area contributed by atoms with Gasteiger partial charge in [-0.2, -0.15) is 0 Å². The number of anilines is 1. The first kappa shape index (κ1) is 20.0. The maximum atomic E-state index is 12.7. The van der Waals surface area contributed by atoms with Crippen LogP contribution in [0.3, 0.4) is 0 Å². The average molecular weight is 404 g/mol. The van der Waals surface area contributed by atoms with Gasteiger partial charge in [0, 0.05) is 20.6 Å². The Morgan fingerprint density at radius 2 is 1.96 bits per heavy atom. The summed E-state index contributed by atoms with van der Waals surface area (Å²) in [5.41, 5.74) is 2.16. The fraction of sp³-hybridized carbons (Fsp3) is 0.429. The zero-order valence-corrected chi connectivity index (χ0v) is 17.8. The van der Waals surface area contributed by atoms with E-state index >= 15 is 0 Å². The van der Waals surface area contributed by atoms with E-state index in [2.05, 4.69) is 26.1 Å². The van der Waals surface area contributed by atoms with E-state index < -0.39 is 0 Å². The van der Waals surface area contributed by atoms with Crippen molar-refractivity contribution in [3.05, 3.63) is 45.8 Å². The van der Waals surface area contributed by atoms with Crippen molar-refractivity contribution in [3.8, 4) is 0 Å². The topological polar surface area (TPSA) is 55.4 Å². The number of fused-ring (bicyclic) bond motifs is 1. The number of ether oxygens (including phenoxy) is 1. The number of hydrogen-bond donors (Lipinski definition) is 1. The highest BCUT2D eigenvalue weighted by molar-refractivity contribution is 7.99. The molecule has 0 spiro atoms. The van der Waals surface area contributed by atoms with Gasteiger partial charge in [0.15, 0.2) is 0 Å². The third kappa shape index (κ3) is 4.55. The number of thioether (sulfide) groups is 1. The Kier molecular flexibility index (Phi) is 6.27. The van der Waals surface area contributed by atoms with Crippen molar-refractivity contribution in [3.63, 3.8) is 0 Å². The summed E-state index contributed by atoms with van der Waals surface area (Å²) in [6, 6.07) is 7.57. The monoisotopic (exact) mass is 403 g/mol. The molecule has 1 aliphatic carbocycles. The summed E-state index contributed by atoms with van der Waals surface area (Å²) in [5.74, 6) is 0.0186. The maximum Gasteiger partial charge on any atom is 0.341 e. The third-order valence-electron chi connectivity index (χ3n) is 4.62. The summed E-state index contributed by atoms with van der Waals surface area (Å²) in [5, 5.41) is 4.04. The minimum Gasteiger partial charge on any atom is -0.465 e. The Hall–Kier alpha value is -1.79. The fourth-order valence-electron chi connectivity index (χ4n) is 3.29. The molecule has 0 unspecified atom stereocenters. The number of hydrogen-bond acceptors (Lipinski definition) is 5. The van der Waals surface area contributed by atoms with E-state index in [0.717, 1.165) is 29.7 Å². The highest BCUT2D eigenvalue weighted by atomic mass is 32.2. The van der Waals surface area contributed by atoms with E-state index in [-0.39, 0.29) is 11.9 Å². The number of methoxy groups -OCH3 is 1. The number of nitrogens with one attached hydrogen (secondary N) is 1. The van der Waals surface area contributed by atoms with E-state index in [9.17, 15) is 9.59 Å². The van der Waals surface area contributed by atoms with Gasteiger partial charge in [-0.25, -0.2) is 4.79 Å². The Labute approximate surface area is 168 Å². The molecule has 2 aromatic rings. The van der Waals surface area contributed by atoms with Crippen LogP contribution in [0.2, 0.25) is 0 Å². The summed E-state index contributed by atoms with van der Waals surface area (Å²) >= 11 is 3.27. The third-order valence-corrected chi connectivity index (χ3v) is 6.80. The molecule has 0 fully saturated rings. The van der Waals surface area contributed by atoms with Gasteiger partial charge in [-0.05, 0) is 55.0 Å². The fourth-order valence-corrected chi connectivity index (χ4v) is 5.52. The van der Waals surface area contributed by atoms with Gasteiger partial charge in [-0.15, -0.1) is 23.1 Å². The lowest BCUT2D eigenvalue weighted by atomic mass is 9.88. The SMILES string of the molecule is COC(=O)c1c(NC(=O)c2ccc(SC(C)C)cc2)sc2c1CC[C@H](C)C2. The zero-order valence-electron chi connectivity index (χ0n) is 16.1. The van der Waals surface area contributed by atoms with Crippen molar-refractivity contribution in [2.24, 2.45) is 5.92 Å². The maximum absolute atomic E-state index is 12.7. The minimum atomic E-state index is -0.374. The zero-order chi connectivity index (χ0) is 19.6. The van der Waals surface area contributed by atoms with Crippen molar-refractivity contribution < 1.29 is 14.3 Å². The summed E-state index contributed by atoms with van der Waals surface area (Å²) in [6.45, 7) is 6.49. The smallest absolute Gasteiger partial charge is 0.341 e. The van der Waals surface area contributed by atoms with Crippen LogP contribution < -0.4 is 5.32 Å². The van der Waals surface area contributed by atoms with Crippen LogP contribution in [0.4, 0.5) is 5.00 Å². The van der Waals surface area contributed by atoms with E-state index in [1.807, 2.05) is 24.3 Å². The molecule has 1 atom stereocenters. The molecule has 1 N–H and O–H groups in total. The summed E-state index contributed by atoms with van der Waals surface area (Å²) in [6.07, 6.45) is 2.85. The molecule has 27 heavy (non-hydrogen) atoms. The predicted molar refractivity (Wildman–Crippen MR) is 112 cm³/mol. The van der Waals surface area contributed by atoms with Crippen LogP contribution in [0, 0.1) is 5.92 Å². The Bertz CT molecular complexity index is 840. The second-order valence-electron chi connectivity index (χ2n) is 7.19. The molecule has 6 heteroatoms. The standard InChI is InChI=1S/C21H25NO3S2/c1-12(2)26-15-8-6-14(7-9-15)19(23)22-20-18(21(24)25-4)16-10-5-13(3)11-17(16)27-20/h6-9,12-13H,5,10-11H2,1-4H3,(H,22,23)/t13-/m0/s1. The predicted octanol–water partition coefficient (Wildman–Crippen LogP) is 5.41. The number of rotatable bonds is 5. The molecule has 0 bridgehead atoms. The number of esters is 1. The van der Waals surface area contributed by atoms with Gasteiger partial charge >= 0.3 is 5.97 Å². The van der Waals surface area contributed by atoms with Gasteiger partial charge < -0.3 is 10.1 Å². The molecule has 0 radical (unpaired) electrons. The van der Waals surface area contributed by atoms with Crippen LogP contribution in [-0.2, 0) is 17.6 Å². The molecule has 1 amide bonds. The molecule has 0 saturated heterocycles. The Morgan fingerprint density at radius 3 is 2.59 bits per heavy atom. The van der Waals surface area contributed by atoms with Gasteiger partial charge in [0.2, 0.25) is 0 Å². The van der Waals surface area contributed by atoms with Gasteiger partial charge in [-0.1, -0.05) is 20.8 Å². The second kappa shape index (κ2) is 8.48. The van der Waals surface area contributed by atoms with Gasteiger partial charge in [0.1, 0.15) is 5.00 Å². The van der Waals surface area contributed by atoms with Crippen molar-refractivity contribution in [1.82, 2.24) is 0 Å². The summed E-state index contributed by atoms with van der Waals surface area (Å²) in [4.78, 5) is 27.4. The number of amides is 1. The number of carbonyl (C=O) groups is 2. The number of carbonyl (C=O) groups excluding carboxylic acids is 2. The first-order chi connectivity index (χ1) is 12.9. The van der Waals surface area contributed by atoms with Crippen LogP contribution in [0.25, 0.3) is 0 Å². The van der Waals surface area contributed by atoms with E-state index in [1.165, 1.54) is 23.3 Å². The average Bonchev–Trinajstić information content (AvgIpc) is 2.97. The van der Waals surface area contributed by atoms with Crippen LogP contribution in [-0.4, -0.2) is 24.2 Å². The van der Waals surface area contributed by atoms with E-state index in [4.69, 9.17) is 4.74 Å². The van der Waals surface area contributed by atoms with Crippen LogP contribution in [0.1, 0.15) is 58.3 Å². The van der Waals surface area contributed by atoms with Gasteiger partial charge in [0.05, 0.1) is 12.7 Å². The molecular formula is C21H25NO3S2. The first-order valence-electron chi connectivity index (χ1n) is 9.20. The quantitative estimate of drug-likeness (QED) is 0.535. The largest absolute Gasteiger partial charge is 0.465 e. The van der Waals surface area contributed by atoms with E-state index in [1.54, 1.807) is 11.8 Å². The van der Waals surface area contributed by atoms with Crippen molar-refractivity contribution >= 4 is 40.0 Å². The summed E-state index contributed by atoms with van der Waals surface area (Å²) in [7, 11) is 1.38. The molecule has 1 heterocycles. The molecule has 1 aromatic heterocycles. The molecule has 0 aliphatic heterocycles. The van der Waals surface area contributed by atoms with Crippen LogP contribution >= 0.6 is 23.1 Å². The molecule has 3 rings (SSSR count).